The number of ether oxygens (including phenoxy) is 1. The van der Waals surface area contributed by atoms with Gasteiger partial charge in [0.2, 0.25) is 0 Å². The molecule has 0 aliphatic rings. The number of aromatic nitrogens is 2. The van der Waals surface area contributed by atoms with E-state index in [9.17, 15) is 0 Å². The van der Waals surface area contributed by atoms with Gasteiger partial charge in [-0.3, -0.25) is 0 Å². The first kappa shape index (κ1) is 14.1. The number of hydrogen-bond donors (Lipinski definition) is 1. The number of hydrogen-bond acceptors (Lipinski definition) is 3. The molecule has 0 fully saturated rings. The van der Waals surface area contributed by atoms with Gasteiger partial charge in [0, 0.05) is 31.4 Å². The fourth-order valence-corrected chi connectivity index (χ4v) is 2.06. The zero-order valence-electron chi connectivity index (χ0n) is 11.2. The zero-order valence-corrected chi connectivity index (χ0v) is 11.9. The Morgan fingerprint density at radius 2 is 2.26 bits per heavy atom. The van der Waals surface area contributed by atoms with Crippen LogP contribution in [0.3, 0.4) is 0 Å². The molecule has 4 nitrogen and oxygen atoms in total. The minimum absolute atomic E-state index is 0.691. The van der Waals surface area contributed by atoms with Gasteiger partial charge in [0.25, 0.3) is 0 Å². The second-order valence-corrected chi connectivity index (χ2v) is 4.84. The van der Waals surface area contributed by atoms with Gasteiger partial charge in [-0.05, 0) is 36.2 Å². The predicted octanol–water partition coefficient (Wildman–Crippen LogP) is 2.57. The summed E-state index contributed by atoms with van der Waals surface area (Å²) in [5, 5.41) is 8.40. The van der Waals surface area contributed by atoms with E-state index in [0.717, 1.165) is 34.9 Å². The Labute approximate surface area is 118 Å². The summed E-state index contributed by atoms with van der Waals surface area (Å²) in [5.74, 6) is 0. The smallest absolute Gasteiger partial charge is 0.0691 e. The van der Waals surface area contributed by atoms with E-state index in [4.69, 9.17) is 16.3 Å². The fraction of sp³-hybridized carbons (Fsp3) is 0.357. The van der Waals surface area contributed by atoms with Gasteiger partial charge in [-0.1, -0.05) is 11.6 Å². The molecule has 1 aromatic heterocycles. The molecule has 0 saturated heterocycles. The van der Waals surface area contributed by atoms with Crippen molar-refractivity contribution in [3.8, 4) is 5.69 Å². The van der Waals surface area contributed by atoms with Crippen LogP contribution in [0.25, 0.3) is 5.69 Å². The average molecular weight is 280 g/mol. The van der Waals surface area contributed by atoms with Gasteiger partial charge in [0.15, 0.2) is 0 Å². The first-order valence-corrected chi connectivity index (χ1v) is 6.58. The third-order valence-electron chi connectivity index (χ3n) is 2.80. The van der Waals surface area contributed by atoms with Crippen LogP contribution in [0, 0.1) is 6.92 Å². The average Bonchev–Trinajstić information content (AvgIpc) is 2.81. The van der Waals surface area contributed by atoms with E-state index in [1.807, 2.05) is 42.2 Å². The normalized spacial score (nSPS) is 10.9. The summed E-state index contributed by atoms with van der Waals surface area (Å²) in [6.45, 7) is 4.26. The molecule has 0 unspecified atom stereocenters. The third-order valence-corrected chi connectivity index (χ3v) is 3.03. The molecule has 0 bridgehead atoms. The molecule has 2 aromatic rings. The van der Waals surface area contributed by atoms with E-state index in [-0.39, 0.29) is 0 Å². The second-order valence-electron chi connectivity index (χ2n) is 4.40. The highest BCUT2D eigenvalue weighted by atomic mass is 35.5. The van der Waals surface area contributed by atoms with Crippen molar-refractivity contribution >= 4 is 11.6 Å². The Balaban J connectivity index is 2.18. The Bertz CT molecular complexity index is 539. The monoisotopic (exact) mass is 279 g/mol. The van der Waals surface area contributed by atoms with Crippen molar-refractivity contribution < 1.29 is 4.74 Å². The number of nitrogens with zero attached hydrogens (tertiary/aromatic N) is 2. The summed E-state index contributed by atoms with van der Waals surface area (Å²) in [6, 6.07) is 5.84. The molecule has 0 spiro atoms. The summed E-state index contributed by atoms with van der Waals surface area (Å²) >= 11 is 6.07. The number of methoxy groups -OCH3 is 1. The van der Waals surface area contributed by atoms with Gasteiger partial charge in [-0.25, -0.2) is 4.68 Å². The quantitative estimate of drug-likeness (QED) is 0.826. The number of halogens is 1. The van der Waals surface area contributed by atoms with Gasteiger partial charge in [-0.2, -0.15) is 5.10 Å². The maximum Gasteiger partial charge on any atom is 0.0691 e. The molecule has 19 heavy (non-hydrogen) atoms. The lowest BCUT2D eigenvalue weighted by atomic mass is 10.1. The van der Waals surface area contributed by atoms with Crippen molar-refractivity contribution in [2.45, 2.75) is 13.5 Å². The summed E-state index contributed by atoms with van der Waals surface area (Å²) in [4.78, 5) is 0. The number of aryl methyl sites for hydroxylation is 1. The lowest BCUT2D eigenvalue weighted by Gasteiger charge is -2.11. The predicted molar refractivity (Wildman–Crippen MR) is 76.9 cm³/mol. The topological polar surface area (TPSA) is 39.1 Å². The van der Waals surface area contributed by atoms with Crippen LogP contribution in [-0.4, -0.2) is 30.0 Å². The standard InChI is InChI=1S/C14H18ClN3O/c1-11-8-17-18(10-11)14-4-3-13(15)7-12(14)9-16-5-6-19-2/h3-4,7-8,10,16H,5-6,9H2,1-2H3. The van der Waals surface area contributed by atoms with Crippen molar-refractivity contribution in [3.05, 3.63) is 46.7 Å². The molecule has 1 heterocycles. The summed E-state index contributed by atoms with van der Waals surface area (Å²) in [5.41, 5.74) is 3.29. The Kier molecular flexibility index (Phi) is 4.96. The van der Waals surface area contributed by atoms with Gasteiger partial charge < -0.3 is 10.1 Å². The highest BCUT2D eigenvalue weighted by molar-refractivity contribution is 6.30. The van der Waals surface area contributed by atoms with E-state index in [0.29, 0.717) is 6.61 Å². The lowest BCUT2D eigenvalue weighted by molar-refractivity contribution is 0.199. The van der Waals surface area contributed by atoms with Crippen molar-refractivity contribution in [3.63, 3.8) is 0 Å². The van der Waals surface area contributed by atoms with E-state index in [2.05, 4.69) is 10.4 Å². The summed E-state index contributed by atoms with van der Waals surface area (Å²) in [6.07, 6.45) is 3.85. The third kappa shape index (κ3) is 3.80. The van der Waals surface area contributed by atoms with Gasteiger partial charge in [-0.15, -0.1) is 0 Å². The molecule has 0 radical (unpaired) electrons. The minimum atomic E-state index is 0.691. The van der Waals surface area contributed by atoms with Crippen LogP contribution < -0.4 is 5.32 Å². The molecule has 102 valence electrons. The van der Waals surface area contributed by atoms with Crippen LogP contribution in [0.1, 0.15) is 11.1 Å². The molecule has 0 amide bonds. The van der Waals surface area contributed by atoms with Crippen LogP contribution in [0.2, 0.25) is 5.02 Å². The molecular weight excluding hydrogens is 262 g/mol. The molecular formula is C14H18ClN3O. The maximum absolute atomic E-state index is 6.07. The minimum Gasteiger partial charge on any atom is -0.383 e. The summed E-state index contributed by atoms with van der Waals surface area (Å²) < 4.78 is 6.89. The van der Waals surface area contributed by atoms with Gasteiger partial charge in [0.1, 0.15) is 0 Å². The second kappa shape index (κ2) is 6.70. The highest BCUT2D eigenvalue weighted by Crippen LogP contribution is 2.19. The number of benzene rings is 1. The maximum atomic E-state index is 6.07. The first-order chi connectivity index (χ1) is 9.20. The van der Waals surface area contributed by atoms with Crippen molar-refractivity contribution in [2.24, 2.45) is 0 Å². The molecule has 0 atom stereocenters. The van der Waals surface area contributed by atoms with Crippen LogP contribution in [-0.2, 0) is 11.3 Å². The molecule has 5 heteroatoms. The lowest BCUT2D eigenvalue weighted by Crippen LogP contribution is -2.19. The van der Waals surface area contributed by atoms with Gasteiger partial charge in [0.05, 0.1) is 18.5 Å². The molecule has 0 saturated carbocycles. The van der Waals surface area contributed by atoms with Crippen LogP contribution in [0.15, 0.2) is 30.6 Å². The summed E-state index contributed by atoms with van der Waals surface area (Å²) in [7, 11) is 1.69. The molecule has 1 N–H and O–H groups in total. The first-order valence-electron chi connectivity index (χ1n) is 6.20. The van der Waals surface area contributed by atoms with Crippen LogP contribution >= 0.6 is 11.6 Å². The van der Waals surface area contributed by atoms with Gasteiger partial charge >= 0.3 is 0 Å². The molecule has 2 rings (SSSR count). The SMILES string of the molecule is COCCNCc1cc(Cl)ccc1-n1cc(C)cn1. The Morgan fingerprint density at radius 1 is 1.42 bits per heavy atom. The van der Waals surface area contributed by atoms with Crippen molar-refractivity contribution in [2.75, 3.05) is 20.3 Å². The Hall–Kier alpha value is -1.36. The van der Waals surface area contributed by atoms with Crippen LogP contribution in [0.5, 0.6) is 0 Å². The van der Waals surface area contributed by atoms with E-state index in [1.54, 1.807) is 7.11 Å². The molecule has 1 aromatic carbocycles. The van der Waals surface area contributed by atoms with Crippen LogP contribution in [0.4, 0.5) is 0 Å². The molecule has 0 aliphatic heterocycles. The largest absolute Gasteiger partial charge is 0.383 e. The van der Waals surface area contributed by atoms with Crippen molar-refractivity contribution in [1.82, 2.24) is 15.1 Å². The number of rotatable bonds is 6. The Morgan fingerprint density at radius 3 is 2.95 bits per heavy atom. The van der Waals surface area contributed by atoms with Crippen molar-refractivity contribution in [1.29, 1.82) is 0 Å². The van der Waals surface area contributed by atoms with E-state index in [1.165, 1.54) is 0 Å². The highest BCUT2D eigenvalue weighted by Gasteiger charge is 2.06. The van der Waals surface area contributed by atoms with E-state index < -0.39 is 0 Å². The van der Waals surface area contributed by atoms with E-state index >= 15 is 0 Å². The zero-order chi connectivity index (χ0) is 13.7. The fourth-order valence-electron chi connectivity index (χ4n) is 1.86. The molecule has 0 aliphatic carbocycles. The number of nitrogens with one attached hydrogen (secondary N) is 1.